The molecule has 2 aliphatic heterocycles. The molecule has 0 bridgehead atoms. The summed E-state index contributed by atoms with van der Waals surface area (Å²) in [4.78, 5) is 42.2. The Balaban J connectivity index is 0.978. The van der Waals surface area contributed by atoms with E-state index in [9.17, 15) is 14.4 Å². The Morgan fingerprint density at radius 1 is 0.980 bits per heavy atom. The predicted octanol–water partition coefficient (Wildman–Crippen LogP) is 4.97. The number of amides is 3. The van der Waals surface area contributed by atoms with Crippen LogP contribution in [0.1, 0.15) is 91.9 Å². The molecule has 3 aliphatic rings. The van der Waals surface area contributed by atoms with Crippen LogP contribution in [-0.4, -0.2) is 75.6 Å². The van der Waals surface area contributed by atoms with Crippen LogP contribution in [0.5, 0.6) is 0 Å². The lowest BCUT2D eigenvalue weighted by atomic mass is 9.71. The van der Waals surface area contributed by atoms with Gasteiger partial charge in [0.15, 0.2) is 0 Å². The number of carbonyl (C=O) groups is 3. The second-order valence-electron chi connectivity index (χ2n) is 14.1. The monoisotopic (exact) mass is 698 g/mol. The molecule has 11 nitrogen and oxygen atoms in total. The zero-order valence-corrected chi connectivity index (χ0v) is 29.3. The number of hydrogen-bond acceptors (Lipinski definition) is 6. The molecule has 0 atom stereocenters. The maximum absolute atomic E-state index is 15.2. The highest BCUT2D eigenvalue weighted by Crippen LogP contribution is 2.49. The number of hydrogen-bond donors (Lipinski definition) is 3. The van der Waals surface area contributed by atoms with E-state index in [0.29, 0.717) is 42.6 Å². The molecule has 1 saturated heterocycles. The molecule has 3 N–H and O–H groups in total. The molecule has 2 fully saturated rings. The van der Waals surface area contributed by atoms with Crippen molar-refractivity contribution in [2.45, 2.75) is 70.2 Å². The standard InChI is InChI=1S/C38H44F2N8O3/c1-24-29(22-43-48(24)28-11-15-41-16-12-28)35(49)44-27-7-5-25(6-8-27)21-42-36(50)33-9-10-34-38(13-4-14-38)46(17-18-47(33)34)23-30-31(39)19-26(20-32(30)40)37(51)45(2)3/h5-10,19-20,22,28,41H,4,11-18,21,23H2,1-3H3,(H,42,50)(H,44,49). The van der Waals surface area contributed by atoms with Crippen LogP contribution < -0.4 is 16.0 Å². The van der Waals surface area contributed by atoms with E-state index in [1.165, 1.54) is 4.90 Å². The Bertz CT molecular complexity index is 1930. The number of halogens is 2. The lowest BCUT2D eigenvalue weighted by Gasteiger charge is -2.53. The molecular weight excluding hydrogens is 654 g/mol. The lowest BCUT2D eigenvalue weighted by molar-refractivity contribution is -0.0229. The Hall–Kier alpha value is -4.88. The van der Waals surface area contributed by atoms with Crippen molar-refractivity contribution in [3.63, 3.8) is 0 Å². The minimum Gasteiger partial charge on any atom is -0.347 e. The van der Waals surface area contributed by atoms with E-state index in [2.05, 4.69) is 25.9 Å². The predicted molar refractivity (Wildman–Crippen MR) is 188 cm³/mol. The van der Waals surface area contributed by atoms with Gasteiger partial charge in [0, 0.05) is 68.5 Å². The summed E-state index contributed by atoms with van der Waals surface area (Å²) in [5.74, 6) is -2.34. The van der Waals surface area contributed by atoms with E-state index in [0.717, 1.165) is 74.3 Å². The second-order valence-corrected chi connectivity index (χ2v) is 14.1. The van der Waals surface area contributed by atoms with E-state index in [4.69, 9.17) is 0 Å². The quantitative estimate of drug-likeness (QED) is 0.227. The first-order valence-corrected chi connectivity index (χ1v) is 17.6. The van der Waals surface area contributed by atoms with Crippen molar-refractivity contribution in [3.05, 3.63) is 106 Å². The molecule has 13 heteroatoms. The first-order valence-electron chi connectivity index (χ1n) is 17.6. The van der Waals surface area contributed by atoms with E-state index in [-0.39, 0.29) is 29.5 Å². The number of nitrogens with one attached hydrogen (secondary N) is 3. The van der Waals surface area contributed by atoms with Crippen LogP contribution in [-0.2, 0) is 25.2 Å². The summed E-state index contributed by atoms with van der Waals surface area (Å²) >= 11 is 0. The Labute approximate surface area is 296 Å². The topological polar surface area (TPSA) is 117 Å². The first kappa shape index (κ1) is 34.6. The van der Waals surface area contributed by atoms with Crippen LogP contribution in [0.2, 0.25) is 0 Å². The Morgan fingerprint density at radius 2 is 1.69 bits per heavy atom. The summed E-state index contributed by atoms with van der Waals surface area (Å²) < 4.78 is 34.4. The summed E-state index contributed by atoms with van der Waals surface area (Å²) in [6.45, 7) is 5.20. The van der Waals surface area contributed by atoms with Gasteiger partial charge in [-0.15, -0.1) is 0 Å². The smallest absolute Gasteiger partial charge is 0.268 e. The molecule has 2 aromatic heterocycles. The molecule has 0 unspecified atom stereocenters. The summed E-state index contributed by atoms with van der Waals surface area (Å²) in [7, 11) is 3.08. The van der Waals surface area contributed by atoms with E-state index in [1.807, 2.05) is 52.6 Å². The van der Waals surface area contributed by atoms with Gasteiger partial charge in [-0.1, -0.05) is 12.1 Å². The number of carbonyl (C=O) groups excluding carboxylic acids is 3. The van der Waals surface area contributed by atoms with E-state index >= 15 is 8.78 Å². The van der Waals surface area contributed by atoms with Crippen molar-refractivity contribution in [2.24, 2.45) is 0 Å². The molecule has 4 heterocycles. The molecule has 1 saturated carbocycles. The number of aromatic nitrogens is 3. The average molecular weight is 699 g/mol. The van der Waals surface area contributed by atoms with Crippen LogP contribution in [0, 0.1) is 18.6 Å². The Kier molecular flexibility index (Phi) is 9.51. The summed E-state index contributed by atoms with van der Waals surface area (Å²) in [5.41, 5.74) is 3.96. The SMILES string of the molecule is Cc1c(C(=O)Nc2ccc(CNC(=O)c3ccc4n3CCN(Cc3c(F)cc(C(=O)N(C)C)cc3F)C43CCC3)cc2)cnn1C1CCNCC1. The van der Waals surface area contributed by atoms with Crippen molar-refractivity contribution in [3.8, 4) is 0 Å². The van der Waals surface area contributed by atoms with Crippen molar-refractivity contribution in [1.82, 2.24) is 34.8 Å². The summed E-state index contributed by atoms with van der Waals surface area (Å²) in [6, 6.07) is 13.7. The normalized spacial score (nSPS) is 17.1. The molecular formula is C38H44F2N8O3. The minimum absolute atomic E-state index is 0.0230. The highest BCUT2D eigenvalue weighted by Gasteiger charge is 2.48. The van der Waals surface area contributed by atoms with Crippen molar-refractivity contribution < 1.29 is 23.2 Å². The molecule has 7 rings (SSSR count). The van der Waals surface area contributed by atoms with Gasteiger partial charge in [0.25, 0.3) is 17.7 Å². The van der Waals surface area contributed by atoms with Crippen molar-refractivity contribution in [1.29, 1.82) is 0 Å². The highest BCUT2D eigenvalue weighted by molar-refractivity contribution is 6.05. The maximum atomic E-state index is 15.2. The number of benzene rings is 2. The van der Waals surface area contributed by atoms with Gasteiger partial charge in [-0.05, 0) is 94.1 Å². The van der Waals surface area contributed by atoms with Gasteiger partial charge in [-0.2, -0.15) is 5.10 Å². The van der Waals surface area contributed by atoms with Gasteiger partial charge in [0.2, 0.25) is 0 Å². The number of nitrogens with zero attached hydrogens (tertiary/aromatic N) is 5. The highest BCUT2D eigenvalue weighted by atomic mass is 19.1. The summed E-state index contributed by atoms with van der Waals surface area (Å²) in [5, 5.41) is 13.8. The maximum Gasteiger partial charge on any atom is 0.268 e. The van der Waals surface area contributed by atoms with Crippen LogP contribution in [0.15, 0.2) is 54.7 Å². The molecule has 51 heavy (non-hydrogen) atoms. The number of piperidine rings is 1. The van der Waals surface area contributed by atoms with Crippen LogP contribution >= 0.6 is 0 Å². The third-order valence-electron chi connectivity index (χ3n) is 10.8. The molecule has 0 radical (unpaired) electrons. The fourth-order valence-corrected chi connectivity index (χ4v) is 7.79. The molecule has 2 aromatic carbocycles. The number of fused-ring (bicyclic) bond motifs is 2. The summed E-state index contributed by atoms with van der Waals surface area (Å²) in [6.07, 6.45) is 6.22. The molecule has 1 spiro atoms. The van der Waals surface area contributed by atoms with E-state index in [1.54, 1.807) is 20.3 Å². The van der Waals surface area contributed by atoms with Gasteiger partial charge >= 0.3 is 0 Å². The van der Waals surface area contributed by atoms with Gasteiger partial charge in [0.05, 0.1) is 23.3 Å². The molecule has 1 aliphatic carbocycles. The second kappa shape index (κ2) is 14.0. The van der Waals surface area contributed by atoms with Crippen LogP contribution in [0.3, 0.4) is 0 Å². The molecule has 4 aromatic rings. The average Bonchev–Trinajstić information content (AvgIpc) is 3.72. The van der Waals surface area contributed by atoms with Crippen molar-refractivity contribution >= 4 is 23.4 Å². The van der Waals surface area contributed by atoms with Crippen LogP contribution in [0.4, 0.5) is 14.5 Å². The fraction of sp³-hybridized carbons (Fsp3) is 0.421. The van der Waals surface area contributed by atoms with Gasteiger partial charge < -0.3 is 25.4 Å². The molecule has 3 amide bonds. The third-order valence-corrected chi connectivity index (χ3v) is 10.8. The van der Waals surface area contributed by atoms with Crippen molar-refractivity contribution in [2.75, 3.05) is 39.0 Å². The third kappa shape index (κ3) is 6.56. The van der Waals surface area contributed by atoms with Gasteiger partial charge in [0.1, 0.15) is 17.3 Å². The van der Waals surface area contributed by atoms with Gasteiger partial charge in [-0.25, -0.2) is 8.78 Å². The zero-order valence-electron chi connectivity index (χ0n) is 29.3. The van der Waals surface area contributed by atoms with E-state index < -0.39 is 23.1 Å². The largest absolute Gasteiger partial charge is 0.347 e. The lowest BCUT2D eigenvalue weighted by Crippen LogP contribution is -2.56. The zero-order chi connectivity index (χ0) is 35.9. The van der Waals surface area contributed by atoms with Gasteiger partial charge in [-0.3, -0.25) is 24.0 Å². The minimum atomic E-state index is -0.735. The Morgan fingerprint density at radius 3 is 2.33 bits per heavy atom. The van der Waals surface area contributed by atoms with Crippen LogP contribution in [0.25, 0.3) is 0 Å². The number of anilines is 1. The first-order chi connectivity index (χ1) is 24.6. The molecule has 268 valence electrons. The fourth-order valence-electron chi connectivity index (χ4n) is 7.79. The number of rotatable bonds is 9.